The lowest BCUT2D eigenvalue weighted by Gasteiger charge is -2.14. The molecule has 2 aromatic rings. The average molecular weight is 398 g/mol. The van der Waals surface area contributed by atoms with Crippen LogP contribution < -0.4 is 15.4 Å². The van der Waals surface area contributed by atoms with Crippen LogP contribution in [0.1, 0.15) is 47.4 Å². The van der Waals surface area contributed by atoms with Crippen LogP contribution >= 0.6 is 0 Å². The van der Waals surface area contributed by atoms with E-state index in [1.807, 2.05) is 13.8 Å². The summed E-state index contributed by atoms with van der Waals surface area (Å²) in [6.45, 7) is 3.54. The Morgan fingerprint density at radius 3 is 2.38 bits per heavy atom. The van der Waals surface area contributed by atoms with E-state index in [-0.39, 0.29) is 30.0 Å². The molecule has 0 aliphatic rings. The Morgan fingerprint density at radius 2 is 1.72 bits per heavy atom. The fourth-order valence-electron chi connectivity index (χ4n) is 2.74. The van der Waals surface area contributed by atoms with Crippen LogP contribution in [0.4, 0.5) is 5.69 Å². The predicted molar refractivity (Wildman–Crippen MR) is 110 cm³/mol. The summed E-state index contributed by atoms with van der Waals surface area (Å²) in [4.78, 5) is 36.8. The topological polar surface area (TPSA) is 93.7 Å². The minimum atomic E-state index is -0.686. The van der Waals surface area contributed by atoms with E-state index in [0.29, 0.717) is 17.0 Å². The van der Waals surface area contributed by atoms with Crippen molar-refractivity contribution >= 4 is 23.5 Å². The summed E-state index contributed by atoms with van der Waals surface area (Å²) in [5.41, 5.74) is 0.889. The fourth-order valence-corrected chi connectivity index (χ4v) is 2.74. The highest BCUT2D eigenvalue weighted by Gasteiger charge is 2.17. The molecule has 0 saturated carbocycles. The van der Waals surface area contributed by atoms with E-state index in [9.17, 15) is 14.4 Å². The zero-order chi connectivity index (χ0) is 21.2. The first-order chi connectivity index (χ1) is 13.9. The van der Waals surface area contributed by atoms with Crippen molar-refractivity contribution in [3.63, 3.8) is 0 Å². The summed E-state index contributed by atoms with van der Waals surface area (Å²) in [6, 6.07) is 13.1. The van der Waals surface area contributed by atoms with E-state index in [0.717, 1.165) is 12.8 Å². The minimum absolute atomic E-state index is 0.0160. The second kappa shape index (κ2) is 10.8. The highest BCUT2D eigenvalue weighted by Crippen LogP contribution is 2.18. The Kier molecular flexibility index (Phi) is 8.21. The largest absolute Gasteiger partial charge is 0.497 e. The van der Waals surface area contributed by atoms with E-state index in [1.54, 1.807) is 49.6 Å². The smallest absolute Gasteiger partial charge is 0.340 e. The maximum atomic E-state index is 12.5. The van der Waals surface area contributed by atoms with Gasteiger partial charge in [0.25, 0.3) is 11.8 Å². The maximum Gasteiger partial charge on any atom is 0.340 e. The van der Waals surface area contributed by atoms with Gasteiger partial charge in [0, 0.05) is 11.6 Å². The molecule has 0 aliphatic heterocycles. The molecule has 2 N–H and O–H groups in total. The number of esters is 1. The Labute approximate surface area is 170 Å². The molecule has 0 fully saturated rings. The molecule has 0 aromatic heterocycles. The lowest BCUT2D eigenvalue weighted by Crippen LogP contribution is -2.35. The third-order valence-corrected chi connectivity index (χ3v) is 4.21. The lowest BCUT2D eigenvalue weighted by molar-refractivity contribution is -0.124. The number of para-hydroxylation sites is 1. The molecule has 7 nitrogen and oxygen atoms in total. The number of methoxy groups -OCH3 is 1. The minimum Gasteiger partial charge on any atom is -0.497 e. The number of amides is 2. The normalized spacial score (nSPS) is 11.3. The van der Waals surface area contributed by atoms with Crippen molar-refractivity contribution in [1.29, 1.82) is 0 Å². The Morgan fingerprint density at radius 1 is 1.03 bits per heavy atom. The third kappa shape index (κ3) is 6.64. The fraction of sp³-hybridized carbons (Fsp3) is 0.318. The molecule has 0 saturated heterocycles. The molecule has 154 valence electrons. The van der Waals surface area contributed by atoms with Crippen molar-refractivity contribution in [2.75, 3.05) is 19.0 Å². The molecule has 0 aliphatic carbocycles. The van der Waals surface area contributed by atoms with Crippen LogP contribution in [0, 0.1) is 0 Å². The van der Waals surface area contributed by atoms with Crippen LogP contribution in [0.15, 0.2) is 48.5 Å². The number of nitrogens with one attached hydrogen (secondary N) is 2. The van der Waals surface area contributed by atoms with Crippen molar-refractivity contribution in [2.24, 2.45) is 0 Å². The number of carbonyl (C=O) groups excluding carboxylic acids is 3. The molecule has 2 aromatic carbocycles. The molecule has 0 unspecified atom stereocenters. The first kappa shape index (κ1) is 21.9. The van der Waals surface area contributed by atoms with Crippen LogP contribution in [0.25, 0.3) is 0 Å². The van der Waals surface area contributed by atoms with Gasteiger partial charge in [0.15, 0.2) is 6.61 Å². The first-order valence-electron chi connectivity index (χ1n) is 9.45. The lowest BCUT2D eigenvalue weighted by atomic mass is 10.1. The van der Waals surface area contributed by atoms with Crippen LogP contribution in [-0.2, 0) is 9.53 Å². The Balaban J connectivity index is 2.00. The SMILES string of the molecule is CCC[C@H](C)NC(=O)COC(=O)c1ccccc1NC(=O)c1ccc(OC)cc1. The van der Waals surface area contributed by atoms with Gasteiger partial charge in [-0.3, -0.25) is 9.59 Å². The molecule has 2 rings (SSSR count). The summed E-state index contributed by atoms with van der Waals surface area (Å²) in [6.07, 6.45) is 1.79. The Bertz CT molecular complexity index is 849. The van der Waals surface area contributed by atoms with Gasteiger partial charge in [0.2, 0.25) is 0 Å². The van der Waals surface area contributed by atoms with E-state index in [2.05, 4.69) is 10.6 Å². The molecule has 1 atom stereocenters. The van der Waals surface area contributed by atoms with Crippen molar-refractivity contribution in [3.05, 3.63) is 59.7 Å². The van der Waals surface area contributed by atoms with Crippen LogP contribution in [0.5, 0.6) is 5.75 Å². The molecule has 0 bridgehead atoms. The Hall–Kier alpha value is -3.35. The number of benzene rings is 2. The van der Waals surface area contributed by atoms with Gasteiger partial charge in [-0.05, 0) is 49.7 Å². The highest BCUT2D eigenvalue weighted by atomic mass is 16.5. The molecule has 0 spiro atoms. The average Bonchev–Trinajstić information content (AvgIpc) is 2.72. The molecule has 29 heavy (non-hydrogen) atoms. The molecule has 7 heteroatoms. The molecule has 0 radical (unpaired) electrons. The van der Waals surface area contributed by atoms with E-state index in [4.69, 9.17) is 9.47 Å². The monoisotopic (exact) mass is 398 g/mol. The van der Waals surface area contributed by atoms with Crippen LogP contribution in [-0.4, -0.2) is 37.5 Å². The number of rotatable bonds is 9. The maximum absolute atomic E-state index is 12.5. The van der Waals surface area contributed by atoms with Gasteiger partial charge in [-0.25, -0.2) is 4.79 Å². The quantitative estimate of drug-likeness (QED) is 0.632. The van der Waals surface area contributed by atoms with Crippen LogP contribution in [0.3, 0.4) is 0 Å². The van der Waals surface area contributed by atoms with Gasteiger partial charge < -0.3 is 20.1 Å². The zero-order valence-electron chi connectivity index (χ0n) is 16.9. The van der Waals surface area contributed by atoms with Gasteiger partial charge in [0.05, 0.1) is 18.4 Å². The molecule has 2 amide bonds. The first-order valence-corrected chi connectivity index (χ1v) is 9.45. The van der Waals surface area contributed by atoms with Crippen molar-refractivity contribution in [1.82, 2.24) is 5.32 Å². The van der Waals surface area contributed by atoms with Crippen molar-refractivity contribution in [3.8, 4) is 5.75 Å². The molecular weight excluding hydrogens is 372 g/mol. The molecular formula is C22H26N2O5. The summed E-state index contributed by atoms with van der Waals surface area (Å²) in [5, 5.41) is 5.47. The van der Waals surface area contributed by atoms with Gasteiger partial charge in [-0.2, -0.15) is 0 Å². The van der Waals surface area contributed by atoms with Crippen LogP contribution in [0.2, 0.25) is 0 Å². The number of hydrogen-bond acceptors (Lipinski definition) is 5. The number of carbonyl (C=O) groups is 3. The summed E-state index contributed by atoms with van der Waals surface area (Å²) in [7, 11) is 1.54. The van der Waals surface area contributed by atoms with Crippen molar-refractivity contribution in [2.45, 2.75) is 32.7 Å². The summed E-state index contributed by atoms with van der Waals surface area (Å²) in [5.74, 6) is -0.788. The second-order valence-electron chi connectivity index (χ2n) is 6.56. The highest BCUT2D eigenvalue weighted by molar-refractivity contribution is 6.08. The third-order valence-electron chi connectivity index (χ3n) is 4.21. The predicted octanol–water partition coefficient (Wildman–Crippen LogP) is 3.41. The second-order valence-corrected chi connectivity index (χ2v) is 6.56. The molecule has 0 heterocycles. The number of ether oxygens (including phenoxy) is 2. The van der Waals surface area contributed by atoms with Gasteiger partial charge in [-0.15, -0.1) is 0 Å². The summed E-state index contributed by atoms with van der Waals surface area (Å²) >= 11 is 0. The van der Waals surface area contributed by atoms with Crippen molar-refractivity contribution < 1.29 is 23.9 Å². The number of anilines is 1. The van der Waals surface area contributed by atoms with Gasteiger partial charge >= 0.3 is 5.97 Å². The van der Waals surface area contributed by atoms with Gasteiger partial charge in [-0.1, -0.05) is 25.5 Å². The standard InChI is InChI=1S/C22H26N2O5/c1-4-7-15(2)23-20(25)14-29-22(27)18-8-5-6-9-19(18)24-21(26)16-10-12-17(28-3)13-11-16/h5-6,8-13,15H,4,7,14H2,1-3H3,(H,23,25)(H,24,26)/t15-/m0/s1. The van der Waals surface area contributed by atoms with E-state index in [1.165, 1.54) is 6.07 Å². The number of hydrogen-bond donors (Lipinski definition) is 2. The van der Waals surface area contributed by atoms with E-state index < -0.39 is 5.97 Å². The summed E-state index contributed by atoms with van der Waals surface area (Å²) < 4.78 is 10.2. The van der Waals surface area contributed by atoms with Gasteiger partial charge in [0.1, 0.15) is 5.75 Å². The zero-order valence-corrected chi connectivity index (χ0v) is 16.9. The van der Waals surface area contributed by atoms with E-state index >= 15 is 0 Å².